The molecule has 2 N–H and O–H groups in total. The standard InChI is InChI=1S/C14H26N2O2/c1-13(2,3)18-12(17)11-4-5-14(16-10-11)6-8-15-9-7-14/h11,15-16H,4-10H2,1-3H3/t11-/m0/s1. The SMILES string of the molecule is CC(C)(C)OC(=O)[C@H]1CCC2(CCNCC2)NC1. The summed E-state index contributed by atoms with van der Waals surface area (Å²) in [6.07, 6.45) is 4.41. The molecule has 4 nitrogen and oxygen atoms in total. The third-order valence-corrected chi connectivity index (χ3v) is 4.00. The maximum Gasteiger partial charge on any atom is 0.310 e. The first-order valence-corrected chi connectivity index (χ1v) is 7.09. The molecule has 0 bridgehead atoms. The van der Waals surface area contributed by atoms with Gasteiger partial charge in [-0.2, -0.15) is 0 Å². The van der Waals surface area contributed by atoms with E-state index < -0.39 is 0 Å². The minimum absolute atomic E-state index is 0.0322. The van der Waals surface area contributed by atoms with Crippen molar-refractivity contribution in [3.63, 3.8) is 0 Å². The van der Waals surface area contributed by atoms with E-state index in [2.05, 4.69) is 10.6 Å². The van der Waals surface area contributed by atoms with Gasteiger partial charge in [-0.3, -0.25) is 4.79 Å². The molecule has 4 heteroatoms. The average Bonchev–Trinajstić information content (AvgIpc) is 2.28. The molecule has 0 aromatic carbocycles. The highest BCUT2D eigenvalue weighted by molar-refractivity contribution is 5.73. The van der Waals surface area contributed by atoms with Crippen molar-refractivity contribution in [1.29, 1.82) is 0 Å². The number of piperidine rings is 2. The third kappa shape index (κ3) is 3.45. The lowest BCUT2D eigenvalue weighted by Gasteiger charge is -2.43. The van der Waals surface area contributed by atoms with E-state index in [0.717, 1.165) is 32.5 Å². The van der Waals surface area contributed by atoms with Crippen LogP contribution in [0.3, 0.4) is 0 Å². The van der Waals surface area contributed by atoms with Gasteiger partial charge in [0.05, 0.1) is 5.92 Å². The van der Waals surface area contributed by atoms with E-state index >= 15 is 0 Å². The summed E-state index contributed by atoms with van der Waals surface area (Å²) in [5.41, 5.74) is -0.0925. The molecule has 0 unspecified atom stereocenters. The van der Waals surface area contributed by atoms with Crippen molar-refractivity contribution in [2.75, 3.05) is 19.6 Å². The number of hydrogen-bond donors (Lipinski definition) is 2. The number of rotatable bonds is 1. The molecule has 1 spiro atoms. The lowest BCUT2D eigenvalue weighted by atomic mass is 9.78. The van der Waals surface area contributed by atoms with Gasteiger partial charge >= 0.3 is 5.97 Å². The molecular formula is C14H26N2O2. The van der Waals surface area contributed by atoms with Gasteiger partial charge < -0.3 is 15.4 Å². The number of esters is 1. The zero-order valence-electron chi connectivity index (χ0n) is 11.8. The molecule has 2 rings (SSSR count). The summed E-state index contributed by atoms with van der Waals surface area (Å²) in [6.45, 7) is 8.73. The minimum atomic E-state index is -0.374. The van der Waals surface area contributed by atoms with Crippen LogP contribution in [0.25, 0.3) is 0 Å². The van der Waals surface area contributed by atoms with Gasteiger partial charge in [-0.15, -0.1) is 0 Å². The number of carbonyl (C=O) groups is 1. The zero-order chi connectivity index (χ0) is 13.2. The fraction of sp³-hybridized carbons (Fsp3) is 0.929. The maximum atomic E-state index is 12.0. The van der Waals surface area contributed by atoms with E-state index in [-0.39, 0.29) is 23.0 Å². The smallest absolute Gasteiger partial charge is 0.310 e. The van der Waals surface area contributed by atoms with Crippen molar-refractivity contribution in [3.05, 3.63) is 0 Å². The maximum absolute atomic E-state index is 12.0. The van der Waals surface area contributed by atoms with Gasteiger partial charge in [-0.05, 0) is 59.5 Å². The second-order valence-corrected chi connectivity index (χ2v) is 6.68. The number of ether oxygens (including phenoxy) is 1. The highest BCUT2D eigenvalue weighted by atomic mass is 16.6. The van der Waals surface area contributed by atoms with Gasteiger partial charge in [0, 0.05) is 12.1 Å². The molecule has 0 aromatic rings. The summed E-state index contributed by atoms with van der Waals surface area (Å²) in [5.74, 6) is -0.0106. The summed E-state index contributed by atoms with van der Waals surface area (Å²) in [7, 11) is 0. The van der Waals surface area contributed by atoms with E-state index in [9.17, 15) is 4.79 Å². The second-order valence-electron chi connectivity index (χ2n) is 6.68. The van der Waals surface area contributed by atoms with Crippen LogP contribution in [0.4, 0.5) is 0 Å². The van der Waals surface area contributed by atoms with Gasteiger partial charge in [-0.1, -0.05) is 0 Å². The Labute approximate surface area is 110 Å². The Balaban J connectivity index is 1.84. The first-order valence-electron chi connectivity index (χ1n) is 7.09. The molecule has 2 saturated heterocycles. The molecule has 18 heavy (non-hydrogen) atoms. The summed E-state index contributed by atoms with van der Waals surface area (Å²) in [6, 6.07) is 0. The first kappa shape index (κ1) is 13.8. The number of carbonyl (C=O) groups excluding carboxylic acids is 1. The quantitative estimate of drug-likeness (QED) is 0.695. The van der Waals surface area contributed by atoms with Crippen LogP contribution in [0.15, 0.2) is 0 Å². The topological polar surface area (TPSA) is 50.4 Å². The van der Waals surface area contributed by atoms with Gasteiger partial charge in [0.2, 0.25) is 0 Å². The minimum Gasteiger partial charge on any atom is -0.460 e. The molecule has 0 amide bonds. The van der Waals surface area contributed by atoms with Crippen LogP contribution in [-0.4, -0.2) is 36.7 Å². The van der Waals surface area contributed by atoms with Crippen LogP contribution in [-0.2, 0) is 9.53 Å². The van der Waals surface area contributed by atoms with Gasteiger partial charge in [0.25, 0.3) is 0 Å². The fourth-order valence-electron chi connectivity index (χ4n) is 2.90. The summed E-state index contributed by atoms with van der Waals surface area (Å²) in [4.78, 5) is 12.0. The first-order chi connectivity index (χ1) is 8.40. The van der Waals surface area contributed by atoms with E-state index in [1.54, 1.807) is 0 Å². The number of hydrogen-bond acceptors (Lipinski definition) is 4. The molecular weight excluding hydrogens is 228 g/mol. The van der Waals surface area contributed by atoms with Crippen molar-refractivity contribution >= 4 is 5.97 Å². The third-order valence-electron chi connectivity index (χ3n) is 4.00. The van der Waals surface area contributed by atoms with Gasteiger partial charge in [0.1, 0.15) is 5.60 Å². The number of nitrogens with one attached hydrogen (secondary N) is 2. The van der Waals surface area contributed by atoms with Crippen LogP contribution >= 0.6 is 0 Å². The molecule has 0 saturated carbocycles. The largest absolute Gasteiger partial charge is 0.460 e. The summed E-state index contributed by atoms with van der Waals surface area (Å²) in [5, 5.41) is 7.00. The molecule has 2 fully saturated rings. The van der Waals surface area contributed by atoms with E-state index in [1.807, 2.05) is 20.8 Å². The monoisotopic (exact) mass is 254 g/mol. The Kier molecular flexibility index (Phi) is 3.97. The highest BCUT2D eigenvalue weighted by Gasteiger charge is 2.38. The van der Waals surface area contributed by atoms with E-state index in [4.69, 9.17) is 4.74 Å². The van der Waals surface area contributed by atoms with Crippen molar-refractivity contribution in [3.8, 4) is 0 Å². The van der Waals surface area contributed by atoms with Gasteiger partial charge in [-0.25, -0.2) is 0 Å². The summed E-state index contributed by atoms with van der Waals surface area (Å²) < 4.78 is 5.46. The van der Waals surface area contributed by atoms with Crippen LogP contribution in [0.2, 0.25) is 0 Å². The van der Waals surface area contributed by atoms with Crippen LogP contribution < -0.4 is 10.6 Å². The van der Waals surface area contributed by atoms with Crippen LogP contribution in [0.5, 0.6) is 0 Å². The molecule has 2 heterocycles. The predicted molar refractivity (Wildman–Crippen MR) is 71.4 cm³/mol. The second kappa shape index (κ2) is 5.17. The van der Waals surface area contributed by atoms with Crippen LogP contribution in [0, 0.1) is 5.92 Å². The average molecular weight is 254 g/mol. The molecule has 0 aliphatic carbocycles. The molecule has 2 aliphatic rings. The molecule has 2 aliphatic heterocycles. The molecule has 0 radical (unpaired) electrons. The van der Waals surface area contributed by atoms with Crippen molar-refractivity contribution < 1.29 is 9.53 Å². The fourth-order valence-corrected chi connectivity index (χ4v) is 2.90. The Morgan fingerprint density at radius 3 is 2.39 bits per heavy atom. The van der Waals surface area contributed by atoms with Crippen molar-refractivity contribution in [1.82, 2.24) is 10.6 Å². The Bertz CT molecular complexity index is 293. The van der Waals surface area contributed by atoms with Crippen molar-refractivity contribution in [2.24, 2.45) is 5.92 Å². The van der Waals surface area contributed by atoms with Gasteiger partial charge in [0.15, 0.2) is 0 Å². The Morgan fingerprint density at radius 2 is 1.89 bits per heavy atom. The van der Waals surface area contributed by atoms with Crippen molar-refractivity contribution in [2.45, 2.75) is 57.6 Å². The molecule has 1 atom stereocenters. The summed E-state index contributed by atoms with van der Waals surface area (Å²) >= 11 is 0. The lowest BCUT2D eigenvalue weighted by Crippen LogP contribution is -2.57. The Morgan fingerprint density at radius 1 is 1.22 bits per heavy atom. The highest BCUT2D eigenvalue weighted by Crippen LogP contribution is 2.31. The normalized spacial score (nSPS) is 28.1. The molecule has 104 valence electrons. The van der Waals surface area contributed by atoms with E-state index in [0.29, 0.717) is 0 Å². The Hall–Kier alpha value is -0.610. The lowest BCUT2D eigenvalue weighted by molar-refractivity contribution is -0.161. The van der Waals surface area contributed by atoms with E-state index in [1.165, 1.54) is 12.8 Å². The molecule has 0 aromatic heterocycles. The zero-order valence-corrected chi connectivity index (χ0v) is 11.8. The predicted octanol–water partition coefficient (Wildman–Crippen LogP) is 1.45. The van der Waals surface area contributed by atoms with Crippen LogP contribution in [0.1, 0.15) is 46.5 Å².